The quantitative estimate of drug-likeness (QED) is 0.807. The fourth-order valence-electron chi connectivity index (χ4n) is 1.24. The van der Waals surface area contributed by atoms with Crippen molar-refractivity contribution in [2.45, 2.75) is 13.3 Å². The van der Waals surface area contributed by atoms with Crippen LogP contribution in [0, 0.1) is 11.6 Å². The summed E-state index contributed by atoms with van der Waals surface area (Å²) in [5.74, 6) is -1.35. The first-order valence-electron chi connectivity index (χ1n) is 4.50. The molecule has 0 unspecified atom stereocenters. The predicted octanol–water partition coefficient (Wildman–Crippen LogP) is 1.86. The zero-order valence-electron chi connectivity index (χ0n) is 8.02. The van der Waals surface area contributed by atoms with Gasteiger partial charge in [-0.15, -0.1) is 0 Å². The molecule has 0 radical (unpaired) electrons. The predicted molar refractivity (Wildman–Crippen MR) is 50.3 cm³/mol. The highest BCUT2D eigenvalue weighted by atomic mass is 19.2. The van der Waals surface area contributed by atoms with E-state index in [1.54, 1.807) is 6.92 Å². The highest BCUT2D eigenvalue weighted by Crippen LogP contribution is 2.24. The molecule has 0 fully saturated rings. The second-order valence-corrected chi connectivity index (χ2v) is 2.81. The van der Waals surface area contributed by atoms with E-state index in [1.807, 2.05) is 0 Å². The van der Waals surface area contributed by atoms with E-state index in [-0.39, 0.29) is 18.5 Å². The molecule has 2 N–H and O–H groups in total. The van der Waals surface area contributed by atoms with Crippen LogP contribution < -0.4 is 10.5 Å². The molecule has 0 aliphatic carbocycles. The van der Waals surface area contributed by atoms with E-state index in [9.17, 15) is 8.78 Å². The van der Waals surface area contributed by atoms with Gasteiger partial charge in [-0.3, -0.25) is 0 Å². The van der Waals surface area contributed by atoms with Crippen LogP contribution in [0.25, 0.3) is 0 Å². The minimum atomic E-state index is -0.864. The van der Waals surface area contributed by atoms with Gasteiger partial charge in [0.25, 0.3) is 0 Å². The standard InChI is InChI=1S/C10H13F2NO/c1-2-14-9-4-3-8(11)10(12)7(9)5-6-13/h3-4H,2,5-6,13H2,1H3. The van der Waals surface area contributed by atoms with Crippen LogP contribution in [0.5, 0.6) is 5.75 Å². The SMILES string of the molecule is CCOc1ccc(F)c(F)c1CCN. The molecule has 0 aromatic heterocycles. The van der Waals surface area contributed by atoms with Crippen LogP contribution >= 0.6 is 0 Å². The fourth-order valence-corrected chi connectivity index (χ4v) is 1.24. The fraction of sp³-hybridized carbons (Fsp3) is 0.400. The van der Waals surface area contributed by atoms with Crippen LogP contribution in [-0.2, 0) is 6.42 Å². The van der Waals surface area contributed by atoms with E-state index >= 15 is 0 Å². The maximum absolute atomic E-state index is 13.3. The van der Waals surface area contributed by atoms with E-state index in [2.05, 4.69) is 0 Å². The summed E-state index contributed by atoms with van der Waals surface area (Å²) in [7, 11) is 0. The number of hydrogen-bond acceptors (Lipinski definition) is 2. The molecule has 1 rings (SSSR count). The molecule has 0 aliphatic heterocycles. The third-order valence-corrected chi connectivity index (χ3v) is 1.85. The molecule has 0 aliphatic rings. The molecular weight excluding hydrogens is 188 g/mol. The average Bonchev–Trinajstić information content (AvgIpc) is 2.18. The largest absolute Gasteiger partial charge is 0.493 e. The molecule has 1 aromatic carbocycles. The minimum Gasteiger partial charge on any atom is -0.493 e. The second kappa shape index (κ2) is 4.91. The van der Waals surface area contributed by atoms with E-state index in [0.29, 0.717) is 12.4 Å². The van der Waals surface area contributed by atoms with Crippen molar-refractivity contribution in [2.24, 2.45) is 5.73 Å². The zero-order valence-corrected chi connectivity index (χ0v) is 8.02. The maximum atomic E-state index is 13.3. The molecule has 4 heteroatoms. The van der Waals surface area contributed by atoms with Gasteiger partial charge < -0.3 is 10.5 Å². The molecule has 0 heterocycles. The third kappa shape index (κ3) is 2.20. The Hall–Kier alpha value is -1.16. The summed E-state index contributed by atoms with van der Waals surface area (Å²) in [6, 6.07) is 2.48. The van der Waals surface area contributed by atoms with Gasteiger partial charge in [-0.25, -0.2) is 8.78 Å². The monoisotopic (exact) mass is 201 g/mol. The first-order valence-corrected chi connectivity index (χ1v) is 4.50. The van der Waals surface area contributed by atoms with E-state index in [0.717, 1.165) is 6.07 Å². The van der Waals surface area contributed by atoms with Gasteiger partial charge in [-0.2, -0.15) is 0 Å². The number of hydrogen-bond donors (Lipinski definition) is 1. The van der Waals surface area contributed by atoms with Crippen LogP contribution in [0.1, 0.15) is 12.5 Å². The minimum absolute atomic E-state index is 0.217. The van der Waals surface area contributed by atoms with Gasteiger partial charge in [0, 0.05) is 5.56 Å². The van der Waals surface area contributed by atoms with Gasteiger partial charge in [-0.1, -0.05) is 0 Å². The summed E-state index contributed by atoms with van der Waals surface area (Å²) < 4.78 is 31.3. The zero-order chi connectivity index (χ0) is 10.6. The molecule has 78 valence electrons. The lowest BCUT2D eigenvalue weighted by molar-refractivity contribution is 0.331. The van der Waals surface area contributed by atoms with Crippen LogP contribution in [0.3, 0.4) is 0 Å². The van der Waals surface area contributed by atoms with Crippen molar-refractivity contribution < 1.29 is 13.5 Å². The Bertz CT molecular complexity index is 315. The summed E-state index contributed by atoms with van der Waals surface area (Å²) in [4.78, 5) is 0. The van der Waals surface area contributed by atoms with Crippen LogP contribution in [0.15, 0.2) is 12.1 Å². The van der Waals surface area contributed by atoms with Crippen molar-refractivity contribution in [1.82, 2.24) is 0 Å². The summed E-state index contributed by atoms with van der Waals surface area (Å²) in [5.41, 5.74) is 5.52. The molecule has 2 nitrogen and oxygen atoms in total. The van der Waals surface area contributed by atoms with Gasteiger partial charge in [0.05, 0.1) is 6.61 Å². The smallest absolute Gasteiger partial charge is 0.165 e. The molecule has 0 saturated carbocycles. The highest BCUT2D eigenvalue weighted by Gasteiger charge is 2.13. The summed E-state index contributed by atoms with van der Waals surface area (Å²) >= 11 is 0. The number of halogens is 2. The number of nitrogens with two attached hydrogens (primary N) is 1. The molecule has 14 heavy (non-hydrogen) atoms. The molecule has 0 amide bonds. The lowest BCUT2D eigenvalue weighted by Gasteiger charge is -2.10. The average molecular weight is 201 g/mol. The summed E-state index contributed by atoms with van der Waals surface area (Å²) in [6.45, 7) is 2.47. The van der Waals surface area contributed by atoms with Crippen molar-refractivity contribution in [3.8, 4) is 5.75 Å². The Balaban J connectivity index is 3.08. The third-order valence-electron chi connectivity index (χ3n) is 1.85. The summed E-state index contributed by atoms with van der Waals surface area (Å²) in [5, 5.41) is 0. The lowest BCUT2D eigenvalue weighted by atomic mass is 10.1. The van der Waals surface area contributed by atoms with E-state index in [4.69, 9.17) is 10.5 Å². The molecule has 1 aromatic rings. The Morgan fingerprint density at radius 3 is 2.64 bits per heavy atom. The number of ether oxygens (including phenoxy) is 1. The van der Waals surface area contributed by atoms with Gasteiger partial charge in [0.1, 0.15) is 5.75 Å². The molecule has 0 spiro atoms. The first-order chi connectivity index (χ1) is 6.70. The van der Waals surface area contributed by atoms with Crippen molar-refractivity contribution in [3.05, 3.63) is 29.3 Å². The second-order valence-electron chi connectivity index (χ2n) is 2.81. The molecular formula is C10H13F2NO. The van der Waals surface area contributed by atoms with Gasteiger partial charge >= 0.3 is 0 Å². The van der Waals surface area contributed by atoms with E-state index in [1.165, 1.54) is 6.07 Å². The Morgan fingerprint density at radius 2 is 2.07 bits per heavy atom. The van der Waals surface area contributed by atoms with Crippen LogP contribution in [0.2, 0.25) is 0 Å². The van der Waals surface area contributed by atoms with E-state index < -0.39 is 11.6 Å². The lowest BCUT2D eigenvalue weighted by Crippen LogP contribution is -2.08. The normalized spacial score (nSPS) is 10.3. The van der Waals surface area contributed by atoms with Crippen LogP contribution in [-0.4, -0.2) is 13.2 Å². The van der Waals surface area contributed by atoms with Crippen molar-refractivity contribution >= 4 is 0 Å². The van der Waals surface area contributed by atoms with Crippen molar-refractivity contribution in [2.75, 3.05) is 13.2 Å². The first kappa shape index (κ1) is 10.9. The summed E-state index contributed by atoms with van der Waals surface area (Å²) in [6.07, 6.45) is 0.277. The van der Waals surface area contributed by atoms with Crippen molar-refractivity contribution in [1.29, 1.82) is 0 Å². The number of benzene rings is 1. The maximum Gasteiger partial charge on any atom is 0.165 e. The molecule has 0 bridgehead atoms. The van der Waals surface area contributed by atoms with Gasteiger partial charge in [0.2, 0.25) is 0 Å². The highest BCUT2D eigenvalue weighted by molar-refractivity contribution is 5.35. The Kier molecular flexibility index (Phi) is 3.83. The van der Waals surface area contributed by atoms with Gasteiger partial charge in [0.15, 0.2) is 11.6 Å². The Morgan fingerprint density at radius 1 is 1.36 bits per heavy atom. The number of rotatable bonds is 4. The van der Waals surface area contributed by atoms with Gasteiger partial charge in [-0.05, 0) is 32.0 Å². The molecule has 0 atom stereocenters. The molecule has 0 saturated heterocycles. The topological polar surface area (TPSA) is 35.2 Å². The van der Waals surface area contributed by atoms with Crippen LogP contribution in [0.4, 0.5) is 8.78 Å². The Labute approximate surface area is 81.7 Å². The van der Waals surface area contributed by atoms with Crippen molar-refractivity contribution in [3.63, 3.8) is 0 Å².